The third-order valence-corrected chi connectivity index (χ3v) is 2.79. The first kappa shape index (κ1) is 15.4. The number of aromatic hydroxyl groups is 1. The van der Waals surface area contributed by atoms with Crippen LogP contribution in [0.5, 0.6) is 5.75 Å². The van der Waals surface area contributed by atoms with Gasteiger partial charge in [0.15, 0.2) is 0 Å². The molecule has 0 aromatic heterocycles. The Kier molecular flexibility index (Phi) is 5.76. The van der Waals surface area contributed by atoms with E-state index in [0.29, 0.717) is 13.1 Å². The summed E-state index contributed by atoms with van der Waals surface area (Å²) in [6, 6.07) is 3.42. The van der Waals surface area contributed by atoms with Crippen LogP contribution in [0.15, 0.2) is 18.2 Å². The van der Waals surface area contributed by atoms with E-state index in [2.05, 4.69) is 0 Å². The Bertz CT molecular complexity index is 435. The number of phenolic OH excluding ortho intramolecular Hbond substituents is 1. The standard InChI is InChI=1S/C14H21FN2O2/c1-4-7-17(9-8-16(2)3)14(19)12-10-11(15)5-6-13(12)18/h5-6,10,18H,4,7-9H2,1-3H3. The van der Waals surface area contributed by atoms with Gasteiger partial charge in [-0.15, -0.1) is 0 Å². The molecular formula is C14H21FN2O2. The molecule has 5 heteroatoms. The summed E-state index contributed by atoms with van der Waals surface area (Å²) < 4.78 is 13.2. The summed E-state index contributed by atoms with van der Waals surface area (Å²) in [6.45, 7) is 3.83. The summed E-state index contributed by atoms with van der Waals surface area (Å²) in [5, 5.41) is 9.68. The van der Waals surface area contributed by atoms with Crippen molar-refractivity contribution < 1.29 is 14.3 Å². The topological polar surface area (TPSA) is 43.8 Å². The molecule has 4 nitrogen and oxygen atoms in total. The van der Waals surface area contributed by atoms with Gasteiger partial charge in [-0.3, -0.25) is 4.79 Å². The fraction of sp³-hybridized carbons (Fsp3) is 0.500. The van der Waals surface area contributed by atoms with Crippen molar-refractivity contribution in [3.8, 4) is 5.75 Å². The van der Waals surface area contributed by atoms with Crippen molar-refractivity contribution >= 4 is 5.91 Å². The average Bonchev–Trinajstić information content (AvgIpc) is 2.36. The summed E-state index contributed by atoms with van der Waals surface area (Å²) in [6.07, 6.45) is 0.815. The highest BCUT2D eigenvalue weighted by molar-refractivity contribution is 5.96. The van der Waals surface area contributed by atoms with Crippen molar-refractivity contribution in [3.05, 3.63) is 29.6 Å². The van der Waals surface area contributed by atoms with Gasteiger partial charge in [0.1, 0.15) is 11.6 Å². The minimum Gasteiger partial charge on any atom is -0.507 e. The SMILES string of the molecule is CCCN(CCN(C)C)C(=O)c1cc(F)ccc1O. The highest BCUT2D eigenvalue weighted by Crippen LogP contribution is 2.19. The fourth-order valence-corrected chi connectivity index (χ4v) is 1.76. The third kappa shape index (κ3) is 4.52. The van der Waals surface area contributed by atoms with Gasteiger partial charge in [0.2, 0.25) is 0 Å². The Hall–Kier alpha value is -1.62. The van der Waals surface area contributed by atoms with Gasteiger partial charge in [-0.05, 0) is 38.7 Å². The van der Waals surface area contributed by atoms with E-state index in [1.165, 1.54) is 6.07 Å². The molecule has 1 amide bonds. The second-order valence-electron chi connectivity index (χ2n) is 4.76. The second-order valence-corrected chi connectivity index (χ2v) is 4.76. The van der Waals surface area contributed by atoms with Crippen LogP contribution in [0.4, 0.5) is 4.39 Å². The molecule has 0 atom stereocenters. The first-order chi connectivity index (χ1) is 8.95. The van der Waals surface area contributed by atoms with Gasteiger partial charge in [0.05, 0.1) is 5.56 Å². The molecule has 0 aliphatic rings. The molecule has 0 aliphatic carbocycles. The zero-order chi connectivity index (χ0) is 14.4. The predicted octanol–water partition coefficient (Wildman–Crippen LogP) is 1.95. The normalized spacial score (nSPS) is 10.8. The molecule has 1 rings (SSSR count). The smallest absolute Gasteiger partial charge is 0.257 e. The molecule has 106 valence electrons. The first-order valence-corrected chi connectivity index (χ1v) is 6.38. The van der Waals surface area contributed by atoms with E-state index < -0.39 is 5.82 Å². The fourth-order valence-electron chi connectivity index (χ4n) is 1.76. The van der Waals surface area contributed by atoms with E-state index in [9.17, 15) is 14.3 Å². The maximum absolute atomic E-state index is 13.2. The van der Waals surface area contributed by atoms with E-state index in [0.717, 1.165) is 25.1 Å². The molecule has 19 heavy (non-hydrogen) atoms. The number of benzene rings is 1. The second kappa shape index (κ2) is 7.09. The Morgan fingerprint density at radius 2 is 1.95 bits per heavy atom. The van der Waals surface area contributed by atoms with Crippen LogP contribution >= 0.6 is 0 Å². The lowest BCUT2D eigenvalue weighted by Gasteiger charge is -2.24. The average molecular weight is 268 g/mol. The van der Waals surface area contributed by atoms with Gasteiger partial charge in [-0.2, -0.15) is 0 Å². The molecule has 1 N–H and O–H groups in total. The molecule has 0 saturated carbocycles. The third-order valence-electron chi connectivity index (χ3n) is 2.79. The number of hydrogen-bond acceptors (Lipinski definition) is 3. The van der Waals surface area contributed by atoms with E-state index in [1.54, 1.807) is 4.90 Å². The number of carbonyl (C=O) groups is 1. The van der Waals surface area contributed by atoms with Crippen LogP contribution in [-0.4, -0.2) is 54.5 Å². The maximum Gasteiger partial charge on any atom is 0.257 e. The number of rotatable bonds is 6. The maximum atomic E-state index is 13.2. The number of nitrogens with zero attached hydrogens (tertiary/aromatic N) is 2. The first-order valence-electron chi connectivity index (χ1n) is 6.38. The summed E-state index contributed by atoms with van der Waals surface area (Å²) in [5.74, 6) is -1.04. The minimum absolute atomic E-state index is 0.0206. The molecule has 0 saturated heterocycles. The van der Waals surface area contributed by atoms with Crippen LogP contribution in [0.25, 0.3) is 0 Å². The monoisotopic (exact) mass is 268 g/mol. The Morgan fingerprint density at radius 1 is 1.26 bits per heavy atom. The molecule has 0 heterocycles. The molecule has 1 aromatic rings. The van der Waals surface area contributed by atoms with E-state index >= 15 is 0 Å². The van der Waals surface area contributed by atoms with E-state index in [4.69, 9.17) is 0 Å². The lowest BCUT2D eigenvalue weighted by atomic mass is 10.1. The molecule has 0 unspecified atom stereocenters. The van der Waals surface area contributed by atoms with Crippen molar-refractivity contribution in [2.75, 3.05) is 33.7 Å². The Morgan fingerprint density at radius 3 is 2.53 bits per heavy atom. The highest BCUT2D eigenvalue weighted by atomic mass is 19.1. The van der Waals surface area contributed by atoms with E-state index in [-0.39, 0.29) is 17.2 Å². The molecule has 0 fully saturated rings. The summed E-state index contributed by atoms with van der Waals surface area (Å²) in [5.41, 5.74) is 0.0206. The number of amides is 1. The van der Waals surface area contributed by atoms with Gasteiger partial charge < -0.3 is 14.9 Å². The molecule has 0 bridgehead atoms. The molecular weight excluding hydrogens is 247 g/mol. The zero-order valence-corrected chi connectivity index (χ0v) is 11.7. The lowest BCUT2D eigenvalue weighted by Crippen LogP contribution is -2.37. The van der Waals surface area contributed by atoms with Crippen molar-refractivity contribution in [1.29, 1.82) is 0 Å². The van der Waals surface area contributed by atoms with Crippen molar-refractivity contribution in [2.45, 2.75) is 13.3 Å². The number of phenols is 1. The molecule has 0 spiro atoms. The zero-order valence-electron chi connectivity index (χ0n) is 11.7. The summed E-state index contributed by atoms with van der Waals surface area (Å²) in [4.78, 5) is 15.9. The molecule has 0 aliphatic heterocycles. The number of carbonyl (C=O) groups excluding carboxylic acids is 1. The Balaban J connectivity index is 2.88. The van der Waals surface area contributed by atoms with Crippen LogP contribution in [0.3, 0.4) is 0 Å². The highest BCUT2D eigenvalue weighted by Gasteiger charge is 2.19. The summed E-state index contributed by atoms with van der Waals surface area (Å²) >= 11 is 0. The predicted molar refractivity (Wildman–Crippen MR) is 72.8 cm³/mol. The number of halogens is 1. The van der Waals surface area contributed by atoms with Gasteiger partial charge in [0.25, 0.3) is 5.91 Å². The van der Waals surface area contributed by atoms with Gasteiger partial charge in [0, 0.05) is 19.6 Å². The van der Waals surface area contributed by atoms with Gasteiger partial charge in [-0.25, -0.2) is 4.39 Å². The quantitative estimate of drug-likeness (QED) is 0.857. The van der Waals surface area contributed by atoms with Gasteiger partial charge in [-0.1, -0.05) is 6.92 Å². The number of hydrogen-bond donors (Lipinski definition) is 1. The van der Waals surface area contributed by atoms with Crippen molar-refractivity contribution in [2.24, 2.45) is 0 Å². The van der Waals surface area contributed by atoms with Crippen LogP contribution < -0.4 is 0 Å². The molecule has 0 radical (unpaired) electrons. The lowest BCUT2D eigenvalue weighted by molar-refractivity contribution is 0.0741. The van der Waals surface area contributed by atoms with Crippen molar-refractivity contribution in [1.82, 2.24) is 9.80 Å². The minimum atomic E-state index is -0.523. The van der Waals surface area contributed by atoms with E-state index in [1.807, 2.05) is 25.9 Å². The van der Waals surface area contributed by atoms with Crippen LogP contribution in [0.1, 0.15) is 23.7 Å². The number of likely N-dealkylation sites (N-methyl/N-ethyl adjacent to an activating group) is 1. The van der Waals surface area contributed by atoms with Crippen LogP contribution in [0.2, 0.25) is 0 Å². The summed E-state index contributed by atoms with van der Waals surface area (Å²) in [7, 11) is 3.85. The van der Waals surface area contributed by atoms with Crippen molar-refractivity contribution in [3.63, 3.8) is 0 Å². The molecule has 1 aromatic carbocycles. The van der Waals surface area contributed by atoms with Crippen LogP contribution in [0, 0.1) is 5.82 Å². The largest absolute Gasteiger partial charge is 0.507 e. The van der Waals surface area contributed by atoms with Crippen LogP contribution in [-0.2, 0) is 0 Å². The Labute approximate surface area is 113 Å². The van der Waals surface area contributed by atoms with Gasteiger partial charge >= 0.3 is 0 Å².